The van der Waals surface area contributed by atoms with Crippen molar-refractivity contribution in [1.29, 1.82) is 0 Å². The molecule has 0 saturated carbocycles. The molecular weight excluding hydrogens is 331 g/mol. The van der Waals surface area contributed by atoms with Gasteiger partial charge in [0, 0.05) is 10.6 Å². The lowest BCUT2D eigenvalue weighted by atomic mass is 10.2. The fourth-order valence-electron chi connectivity index (χ4n) is 1.65. The summed E-state index contributed by atoms with van der Waals surface area (Å²) in [4.78, 5) is 11.8. The number of hydrogen-bond donors (Lipinski definition) is 2. The molecule has 0 radical (unpaired) electrons. The van der Waals surface area contributed by atoms with Gasteiger partial charge in [-0.3, -0.25) is 10.1 Å². The molecule has 0 aliphatic heterocycles. The maximum atomic E-state index is 11.8. The van der Waals surface area contributed by atoms with Crippen LogP contribution in [0.25, 0.3) is 10.6 Å². The van der Waals surface area contributed by atoms with E-state index in [9.17, 15) is 4.79 Å². The van der Waals surface area contributed by atoms with Crippen LogP contribution in [0.3, 0.4) is 0 Å². The van der Waals surface area contributed by atoms with Crippen molar-refractivity contribution < 1.29 is 4.79 Å². The molecule has 1 heterocycles. The zero-order valence-electron chi connectivity index (χ0n) is 11.4. The maximum absolute atomic E-state index is 11.8. The van der Waals surface area contributed by atoms with Crippen LogP contribution in [0.2, 0.25) is 5.02 Å². The molecule has 1 aromatic carbocycles. The molecule has 2 aromatic rings. The van der Waals surface area contributed by atoms with Crippen molar-refractivity contribution in [3.63, 3.8) is 0 Å². The molecule has 1 unspecified atom stereocenters. The number of rotatable bonds is 5. The number of halogens is 2. The van der Waals surface area contributed by atoms with Gasteiger partial charge in [0.05, 0.1) is 6.04 Å². The molecule has 0 saturated heterocycles. The van der Waals surface area contributed by atoms with Gasteiger partial charge in [0.1, 0.15) is 5.01 Å². The highest BCUT2D eigenvalue weighted by atomic mass is 35.5. The highest BCUT2D eigenvalue weighted by molar-refractivity contribution is 7.18. The van der Waals surface area contributed by atoms with Crippen molar-refractivity contribution in [3.8, 4) is 10.6 Å². The zero-order chi connectivity index (χ0) is 14.5. The van der Waals surface area contributed by atoms with Crippen LogP contribution in [-0.4, -0.2) is 22.1 Å². The molecule has 21 heavy (non-hydrogen) atoms. The molecule has 2 rings (SSSR count). The van der Waals surface area contributed by atoms with Crippen molar-refractivity contribution >= 4 is 46.4 Å². The molecule has 1 aromatic heterocycles. The molecule has 1 amide bonds. The van der Waals surface area contributed by atoms with Crippen LogP contribution in [0.5, 0.6) is 0 Å². The first-order valence-electron chi connectivity index (χ1n) is 6.26. The van der Waals surface area contributed by atoms with E-state index in [1.54, 1.807) is 12.1 Å². The molecule has 114 valence electrons. The Kier molecular flexibility index (Phi) is 7.04. The normalized spacial score (nSPS) is 11.6. The van der Waals surface area contributed by atoms with Crippen LogP contribution in [0.15, 0.2) is 24.3 Å². The summed E-state index contributed by atoms with van der Waals surface area (Å²) in [6.07, 6.45) is 1.50. The maximum Gasteiger partial charge on any atom is 0.243 e. The van der Waals surface area contributed by atoms with Crippen molar-refractivity contribution in [2.24, 2.45) is 5.73 Å². The SMILES string of the molecule is CCCC(N)C(=O)Nc1nnc(-c2cccc(Cl)c2)s1.Cl. The quantitative estimate of drug-likeness (QED) is 0.869. The number of hydrogen-bond acceptors (Lipinski definition) is 5. The minimum Gasteiger partial charge on any atom is -0.320 e. The third kappa shape index (κ3) is 4.93. The van der Waals surface area contributed by atoms with E-state index in [0.29, 0.717) is 21.6 Å². The Morgan fingerprint density at radius 3 is 2.90 bits per heavy atom. The lowest BCUT2D eigenvalue weighted by molar-refractivity contribution is -0.117. The van der Waals surface area contributed by atoms with Gasteiger partial charge in [0.2, 0.25) is 11.0 Å². The average molecular weight is 347 g/mol. The first-order valence-corrected chi connectivity index (χ1v) is 7.45. The van der Waals surface area contributed by atoms with Crippen molar-refractivity contribution in [1.82, 2.24) is 10.2 Å². The summed E-state index contributed by atoms with van der Waals surface area (Å²) >= 11 is 7.22. The highest BCUT2D eigenvalue weighted by Crippen LogP contribution is 2.28. The van der Waals surface area contributed by atoms with Gasteiger partial charge in [-0.25, -0.2) is 0 Å². The Hall–Kier alpha value is -1.21. The first-order chi connectivity index (χ1) is 9.60. The zero-order valence-corrected chi connectivity index (χ0v) is 13.8. The van der Waals surface area contributed by atoms with Crippen molar-refractivity contribution in [2.75, 3.05) is 5.32 Å². The van der Waals surface area contributed by atoms with E-state index in [1.807, 2.05) is 19.1 Å². The molecule has 1 atom stereocenters. The van der Waals surface area contributed by atoms with E-state index in [0.717, 1.165) is 12.0 Å². The average Bonchev–Trinajstić information content (AvgIpc) is 2.87. The molecule has 0 spiro atoms. The smallest absolute Gasteiger partial charge is 0.243 e. The standard InChI is InChI=1S/C13H15ClN4OS.ClH/c1-2-4-10(15)11(19)16-13-18-17-12(20-13)8-5-3-6-9(14)7-8;/h3,5-7,10H,2,4,15H2,1H3,(H,16,18,19);1H. The Bertz CT molecular complexity index is 605. The fraction of sp³-hybridized carbons (Fsp3) is 0.308. The number of benzene rings is 1. The molecule has 0 fully saturated rings. The largest absolute Gasteiger partial charge is 0.320 e. The monoisotopic (exact) mass is 346 g/mol. The third-order valence-electron chi connectivity index (χ3n) is 2.66. The number of nitrogens with one attached hydrogen (secondary N) is 1. The Morgan fingerprint density at radius 2 is 2.24 bits per heavy atom. The first kappa shape index (κ1) is 17.8. The van der Waals surface area contributed by atoms with E-state index < -0.39 is 6.04 Å². The Morgan fingerprint density at radius 1 is 1.48 bits per heavy atom. The summed E-state index contributed by atoms with van der Waals surface area (Å²) in [7, 11) is 0. The Balaban J connectivity index is 0.00000220. The summed E-state index contributed by atoms with van der Waals surface area (Å²) in [6.45, 7) is 1.98. The van der Waals surface area contributed by atoms with Gasteiger partial charge in [0.25, 0.3) is 0 Å². The van der Waals surface area contributed by atoms with Gasteiger partial charge in [-0.2, -0.15) is 0 Å². The highest BCUT2D eigenvalue weighted by Gasteiger charge is 2.15. The molecule has 8 heteroatoms. The van der Waals surface area contributed by atoms with Crippen molar-refractivity contribution in [2.45, 2.75) is 25.8 Å². The summed E-state index contributed by atoms with van der Waals surface area (Å²) < 4.78 is 0. The van der Waals surface area contributed by atoms with Gasteiger partial charge in [-0.15, -0.1) is 22.6 Å². The predicted octanol–water partition coefficient (Wildman–Crippen LogP) is 3.35. The molecule has 5 nitrogen and oxygen atoms in total. The van der Waals surface area contributed by atoms with Crippen LogP contribution >= 0.6 is 35.3 Å². The number of carbonyl (C=O) groups is 1. The lowest BCUT2D eigenvalue weighted by Gasteiger charge is -2.08. The van der Waals surface area contributed by atoms with E-state index in [1.165, 1.54) is 11.3 Å². The summed E-state index contributed by atoms with van der Waals surface area (Å²) in [5.41, 5.74) is 6.61. The molecular formula is C13H16Cl2N4OS. The van der Waals surface area contributed by atoms with Gasteiger partial charge >= 0.3 is 0 Å². The lowest BCUT2D eigenvalue weighted by Crippen LogP contribution is -2.35. The number of anilines is 1. The Labute approximate surface area is 138 Å². The van der Waals surface area contributed by atoms with Crippen LogP contribution in [0, 0.1) is 0 Å². The second kappa shape index (κ2) is 8.29. The minimum absolute atomic E-state index is 0. The second-order valence-electron chi connectivity index (χ2n) is 4.31. The van der Waals surface area contributed by atoms with E-state index in [2.05, 4.69) is 15.5 Å². The molecule has 0 bridgehead atoms. The van der Waals surface area contributed by atoms with Gasteiger partial charge in [0.15, 0.2) is 0 Å². The van der Waals surface area contributed by atoms with E-state index in [4.69, 9.17) is 17.3 Å². The second-order valence-corrected chi connectivity index (χ2v) is 5.72. The summed E-state index contributed by atoms with van der Waals surface area (Å²) in [6, 6.07) is 6.81. The van der Waals surface area contributed by atoms with E-state index in [-0.39, 0.29) is 18.3 Å². The number of nitrogens with zero attached hydrogens (tertiary/aromatic N) is 2. The predicted molar refractivity (Wildman–Crippen MR) is 89.1 cm³/mol. The number of amides is 1. The van der Waals surface area contributed by atoms with Crippen LogP contribution in [0.4, 0.5) is 5.13 Å². The molecule has 0 aliphatic carbocycles. The number of nitrogens with two attached hydrogens (primary N) is 1. The number of aromatic nitrogens is 2. The van der Waals surface area contributed by atoms with Crippen LogP contribution in [0.1, 0.15) is 19.8 Å². The fourth-order valence-corrected chi connectivity index (χ4v) is 2.59. The van der Waals surface area contributed by atoms with E-state index >= 15 is 0 Å². The van der Waals surface area contributed by atoms with Gasteiger partial charge < -0.3 is 5.73 Å². The topological polar surface area (TPSA) is 80.9 Å². The summed E-state index contributed by atoms with van der Waals surface area (Å²) in [5, 5.41) is 12.4. The third-order valence-corrected chi connectivity index (χ3v) is 3.79. The summed E-state index contributed by atoms with van der Waals surface area (Å²) in [5.74, 6) is -0.236. The van der Waals surface area contributed by atoms with Crippen LogP contribution in [-0.2, 0) is 4.79 Å². The minimum atomic E-state index is -0.515. The van der Waals surface area contributed by atoms with Crippen LogP contribution < -0.4 is 11.1 Å². The van der Waals surface area contributed by atoms with Gasteiger partial charge in [-0.05, 0) is 18.6 Å². The molecule has 0 aliphatic rings. The van der Waals surface area contributed by atoms with Gasteiger partial charge in [-0.1, -0.05) is 48.4 Å². The number of carbonyl (C=O) groups excluding carboxylic acids is 1. The van der Waals surface area contributed by atoms with Crippen molar-refractivity contribution in [3.05, 3.63) is 29.3 Å². The molecule has 3 N–H and O–H groups in total.